The van der Waals surface area contributed by atoms with Crippen LogP contribution in [0.4, 0.5) is 0 Å². The normalized spacial score (nSPS) is 10.6. The molecule has 0 saturated carbocycles. The molecular weight excluding hydrogens is 278 g/mol. The fraction of sp³-hybridized carbons (Fsp3) is 0.308. The van der Waals surface area contributed by atoms with E-state index < -0.39 is 0 Å². The lowest BCUT2D eigenvalue weighted by molar-refractivity contribution is 0.294. The van der Waals surface area contributed by atoms with Crippen molar-refractivity contribution in [2.75, 3.05) is 13.2 Å². The van der Waals surface area contributed by atoms with Gasteiger partial charge in [0.05, 0.1) is 12.3 Å². The van der Waals surface area contributed by atoms with Gasteiger partial charge in [0.1, 0.15) is 5.69 Å². The van der Waals surface area contributed by atoms with E-state index in [1.54, 1.807) is 12.3 Å². The van der Waals surface area contributed by atoms with Crippen molar-refractivity contribution < 1.29 is 4.74 Å². The van der Waals surface area contributed by atoms with Crippen molar-refractivity contribution in [3.8, 4) is 11.4 Å². The summed E-state index contributed by atoms with van der Waals surface area (Å²) in [5, 5.41) is 0.182. The number of nitrogens with zero attached hydrogens (tertiary/aromatic N) is 4. The maximum atomic E-state index is 5.80. The third kappa shape index (κ3) is 3.15. The maximum Gasteiger partial charge on any atom is 0.222 e. The molecule has 0 aliphatic rings. The van der Waals surface area contributed by atoms with Crippen LogP contribution in [0.25, 0.3) is 17.1 Å². The zero-order chi connectivity index (χ0) is 14.5. The van der Waals surface area contributed by atoms with Crippen molar-refractivity contribution in [1.29, 1.82) is 0 Å². The molecule has 20 heavy (non-hydrogen) atoms. The first kappa shape index (κ1) is 14.5. The molecule has 106 valence electrons. The van der Waals surface area contributed by atoms with Crippen LogP contribution < -0.4 is 5.73 Å². The predicted octanol–water partition coefficient (Wildman–Crippen LogP) is 1.96. The maximum absolute atomic E-state index is 5.80. The first-order valence-electron chi connectivity index (χ1n) is 6.24. The molecule has 0 amide bonds. The minimum atomic E-state index is 0.182. The SMILES string of the molecule is C=C(OCC)c1nc(-c2ccnc(Cl)n2)cn1CCN. The van der Waals surface area contributed by atoms with E-state index in [4.69, 9.17) is 22.1 Å². The van der Waals surface area contributed by atoms with Crippen LogP contribution in [0.2, 0.25) is 5.28 Å². The Labute approximate surface area is 122 Å². The molecular formula is C13H16ClN5O. The Hall–Kier alpha value is -1.92. The first-order chi connectivity index (χ1) is 9.65. The van der Waals surface area contributed by atoms with E-state index in [0.717, 1.165) is 0 Å². The molecule has 0 saturated heterocycles. The Morgan fingerprint density at radius 3 is 2.90 bits per heavy atom. The third-order valence-electron chi connectivity index (χ3n) is 2.60. The van der Waals surface area contributed by atoms with Crippen molar-refractivity contribution >= 4 is 17.4 Å². The molecule has 0 fully saturated rings. The summed E-state index contributed by atoms with van der Waals surface area (Å²) < 4.78 is 7.30. The molecule has 0 aliphatic heterocycles. The van der Waals surface area contributed by atoms with Crippen LogP contribution in [-0.2, 0) is 11.3 Å². The highest BCUT2D eigenvalue weighted by Gasteiger charge is 2.14. The summed E-state index contributed by atoms with van der Waals surface area (Å²) in [6.45, 7) is 7.41. The van der Waals surface area contributed by atoms with Crippen molar-refractivity contribution in [3.05, 3.63) is 36.1 Å². The number of hydrogen-bond donors (Lipinski definition) is 1. The van der Waals surface area contributed by atoms with E-state index in [1.165, 1.54) is 0 Å². The zero-order valence-corrected chi connectivity index (χ0v) is 12.0. The molecule has 0 spiro atoms. The molecule has 2 heterocycles. The largest absolute Gasteiger partial charge is 0.491 e. The van der Waals surface area contributed by atoms with Gasteiger partial charge in [-0.15, -0.1) is 0 Å². The van der Waals surface area contributed by atoms with Gasteiger partial charge in [-0.05, 0) is 24.6 Å². The van der Waals surface area contributed by atoms with E-state index in [0.29, 0.717) is 42.7 Å². The van der Waals surface area contributed by atoms with Crippen molar-refractivity contribution in [2.45, 2.75) is 13.5 Å². The Balaban J connectivity index is 2.40. The van der Waals surface area contributed by atoms with Crippen LogP contribution in [0.1, 0.15) is 12.7 Å². The molecule has 0 aromatic carbocycles. The molecule has 6 nitrogen and oxygen atoms in total. The summed E-state index contributed by atoms with van der Waals surface area (Å²) in [5.41, 5.74) is 6.93. The van der Waals surface area contributed by atoms with E-state index in [9.17, 15) is 0 Å². The minimum absolute atomic E-state index is 0.182. The van der Waals surface area contributed by atoms with Crippen molar-refractivity contribution in [1.82, 2.24) is 19.5 Å². The van der Waals surface area contributed by atoms with Crippen molar-refractivity contribution in [3.63, 3.8) is 0 Å². The Morgan fingerprint density at radius 2 is 2.25 bits per heavy atom. The molecule has 0 aliphatic carbocycles. The molecule has 2 N–H and O–H groups in total. The van der Waals surface area contributed by atoms with Crippen LogP contribution in [-0.4, -0.2) is 32.7 Å². The van der Waals surface area contributed by atoms with Gasteiger partial charge in [-0.1, -0.05) is 6.58 Å². The fourth-order valence-electron chi connectivity index (χ4n) is 1.79. The number of ether oxygens (including phenoxy) is 1. The molecule has 0 unspecified atom stereocenters. The lowest BCUT2D eigenvalue weighted by Gasteiger charge is -2.08. The third-order valence-corrected chi connectivity index (χ3v) is 2.79. The van der Waals surface area contributed by atoms with Gasteiger partial charge in [-0.2, -0.15) is 0 Å². The fourth-order valence-corrected chi connectivity index (χ4v) is 1.94. The smallest absolute Gasteiger partial charge is 0.222 e. The van der Waals surface area contributed by atoms with Gasteiger partial charge in [0.25, 0.3) is 0 Å². The van der Waals surface area contributed by atoms with Gasteiger partial charge < -0.3 is 15.0 Å². The lowest BCUT2D eigenvalue weighted by Crippen LogP contribution is -2.12. The van der Waals surface area contributed by atoms with Gasteiger partial charge >= 0.3 is 0 Å². The second-order valence-corrected chi connectivity index (χ2v) is 4.34. The van der Waals surface area contributed by atoms with Crippen LogP contribution in [0.15, 0.2) is 25.0 Å². The molecule has 0 radical (unpaired) electrons. The van der Waals surface area contributed by atoms with E-state index in [1.807, 2.05) is 17.7 Å². The lowest BCUT2D eigenvalue weighted by atomic mass is 10.3. The standard InChI is InChI=1S/C13H16ClN5O/c1-3-20-9(2)12-17-11(8-19(12)7-5-15)10-4-6-16-13(14)18-10/h4,6,8H,2-3,5,7,15H2,1H3. The number of aromatic nitrogens is 4. The summed E-state index contributed by atoms with van der Waals surface area (Å²) in [4.78, 5) is 12.5. The van der Waals surface area contributed by atoms with Gasteiger partial charge in [0, 0.05) is 25.5 Å². The molecule has 2 aromatic rings. The number of nitrogens with two attached hydrogens (primary N) is 1. The van der Waals surface area contributed by atoms with Gasteiger partial charge in [0.2, 0.25) is 5.28 Å². The number of imidazole rings is 1. The van der Waals surface area contributed by atoms with Crippen LogP contribution >= 0.6 is 11.6 Å². The average molecular weight is 294 g/mol. The second-order valence-electron chi connectivity index (χ2n) is 4.00. The van der Waals surface area contributed by atoms with E-state index in [2.05, 4.69) is 21.5 Å². The molecule has 7 heteroatoms. The van der Waals surface area contributed by atoms with Crippen LogP contribution in [0.3, 0.4) is 0 Å². The Bertz CT molecular complexity index is 611. The first-order valence-corrected chi connectivity index (χ1v) is 6.61. The van der Waals surface area contributed by atoms with Crippen LogP contribution in [0, 0.1) is 0 Å². The quantitative estimate of drug-likeness (QED) is 0.650. The van der Waals surface area contributed by atoms with Gasteiger partial charge in [-0.3, -0.25) is 0 Å². The van der Waals surface area contributed by atoms with E-state index >= 15 is 0 Å². The minimum Gasteiger partial charge on any atom is -0.491 e. The summed E-state index contributed by atoms with van der Waals surface area (Å²) >= 11 is 5.80. The van der Waals surface area contributed by atoms with Crippen LogP contribution in [0.5, 0.6) is 0 Å². The number of rotatable bonds is 6. The molecule has 0 bridgehead atoms. The Kier molecular flexibility index (Phi) is 4.70. The van der Waals surface area contributed by atoms with Gasteiger partial charge in [0.15, 0.2) is 11.6 Å². The predicted molar refractivity (Wildman–Crippen MR) is 78.0 cm³/mol. The molecule has 2 rings (SSSR count). The van der Waals surface area contributed by atoms with E-state index in [-0.39, 0.29) is 5.28 Å². The molecule has 0 atom stereocenters. The summed E-state index contributed by atoms with van der Waals surface area (Å²) in [7, 11) is 0. The second kappa shape index (κ2) is 6.49. The summed E-state index contributed by atoms with van der Waals surface area (Å²) in [5.74, 6) is 1.15. The van der Waals surface area contributed by atoms with Gasteiger partial charge in [-0.25, -0.2) is 15.0 Å². The molecule has 2 aromatic heterocycles. The summed E-state index contributed by atoms with van der Waals surface area (Å²) in [6, 6.07) is 1.74. The average Bonchev–Trinajstić information content (AvgIpc) is 2.84. The topological polar surface area (TPSA) is 78.9 Å². The monoisotopic (exact) mass is 293 g/mol. The highest BCUT2D eigenvalue weighted by atomic mass is 35.5. The highest BCUT2D eigenvalue weighted by Crippen LogP contribution is 2.21. The van der Waals surface area contributed by atoms with Crippen molar-refractivity contribution in [2.24, 2.45) is 5.73 Å². The number of halogens is 1. The summed E-state index contributed by atoms with van der Waals surface area (Å²) in [6.07, 6.45) is 3.44. The Morgan fingerprint density at radius 1 is 1.45 bits per heavy atom. The highest BCUT2D eigenvalue weighted by molar-refractivity contribution is 6.28. The zero-order valence-electron chi connectivity index (χ0n) is 11.2. The number of hydrogen-bond acceptors (Lipinski definition) is 5.